The standard InChI is InChI=1S/2C12H19OSi.Mn/c2*1-12(2,3)14(4,5)13-11-9-7-6-8-10-11;/h2*6-7,9-10H,1-5H3;/q2*-1;+2. The quantitative estimate of drug-likeness (QED) is 0.337. The van der Waals surface area contributed by atoms with Gasteiger partial charge in [-0.25, -0.2) is 0 Å². The molecule has 0 fully saturated rings. The predicted molar refractivity (Wildman–Crippen MR) is 126 cm³/mol. The molecule has 2 rings (SSSR count). The average Bonchev–Trinajstić information content (AvgIpc) is 2.54. The van der Waals surface area contributed by atoms with E-state index in [-0.39, 0.29) is 27.1 Å². The number of hydrogen-bond donors (Lipinski definition) is 0. The van der Waals surface area contributed by atoms with E-state index in [4.69, 9.17) is 8.85 Å². The Balaban J connectivity index is 0.000000523. The zero-order valence-electron chi connectivity index (χ0n) is 19.8. The molecule has 0 saturated heterocycles. The van der Waals surface area contributed by atoms with Gasteiger partial charge in [-0.15, -0.1) is 24.3 Å². The fraction of sp³-hybridized carbons (Fsp3) is 0.500. The van der Waals surface area contributed by atoms with Crippen LogP contribution in [-0.2, 0) is 17.1 Å². The van der Waals surface area contributed by atoms with Crippen LogP contribution in [0, 0.1) is 12.1 Å². The predicted octanol–water partition coefficient (Wildman–Crippen LogP) is 7.74. The van der Waals surface area contributed by atoms with Crippen molar-refractivity contribution in [3.8, 4) is 11.5 Å². The SMILES string of the molecule is CC(C)(C)[Si](C)(C)Oc1c[c-]ccc1.CC(C)(C)[Si](C)(C)Oc1c[c-]ccc1.[Mn+2]. The van der Waals surface area contributed by atoms with Gasteiger partial charge in [-0.2, -0.15) is 36.4 Å². The Hall–Kier alpha value is -1.01. The summed E-state index contributed by atoms with van der Waals surface area (Å²) >= 11 is 0. The number of benzene rings is 2. The van der Waals surface area contributed by atoms with Crippen LogP contribution < -0.4 is 8.85 Å². The molecule has 5 heteroatoms. The Morgan fingerprint density at radius 3 is 1.17 bits per heavy atom. The van der Waals surface area contributed by atoms with Crippen LogP contribution in [0.15, 0.2) is 48.5 Å². The summed E-state index contributed by atoms with van der Waals surface area (Å²) in [6.45, 7) is 22.5. The van der Waals surface area contributed by atoms with Gasteiger partial charge in [0.05, 0.1) is 0 Å². The van der Waals surface area contributed by atoms with Gasteiger partial charge in [0, 0.05) is 0 Å². The monoisotopic (exact) mass is 469 g/mol. The summed E-state index contributed by atoms with van der Waals surface area (Å²) in [6, 6.07) is 21.6. The van der Waals surface area contributed by atoms with E-state index in [2.05, 4.69) is 79.9 Å². The molecule has 0 heterocycles. The van der Waals surface area contributed by atoms with E-state index in [9.17, 15) is 0 Å². The zero-order valence-corrected chi connectivity index (χ0v) is 23.0. The van der Waals surface area contributed by atoms with Crippen LogP contribution in [0.4, 0.5) is 0 Å². The van der Waals surface area contributed by atoms with Crippen LogP contribution in [0.25, 0.3) is 0 Å². The van der Waals surface area contributed by atoms with Gasteiger partial charge < -0.3 is 8.85 Å². The summed E-state index contributed by atoms with van der Waals surface area (Å²) in [6.07, 6.45) is 0. The van der Waals surface area contributed by atoms with Crippen molar-refractivity contribution in [3.63, 3.8) is 0 Å². The first kappa shape index (κ1) is 28.0. The molecule has 161 valence electrons. The average molecular weight is 470 g/mol. The molecule has 0 aliphatic carbocycles. The van der Waals surface area contributed by atoms with Gasteiger partial charge in [0.1, 0.15) is 0 Å². The minimum absolute atomic E-state index is 0. The number of hydrogen-bond acceptors (Lipinski definition) is 2. The number of rotatable bonds is 4. The molecule has 0 atom stereocenters. The fourth-order valence-electron chi connectivity index (χ4n) is 1.78. The van der Waals surface area contributed by atoms with Gasteiger partial charge in [-0.3, -0.25) is 0 Å². The zero-order chi connectivity index (χ0) is 21.6. The summed E-state index contributed by atoms with van der Waals surface area (Å²) in [4.78, 5) is 0. The van der Waals surface area contributed by atoms with Crippen LogP contribution in [0.1, 0.15) is 41.5 Å². The van der Waals surface area contributed by atoms with Gasteiger partial charge in [0.15, 0.2) is 0 Å². The first-order valence-corrected chi connectivity index (χ1v) is 15.8. The molecule has 2 aromatic carbocycles. The van der Waals surface area contributed by atoms with Crippen LogP contribution >= 0.6 is 0 Å². The van der Waals surface area contributed by atoms with Gasteiger partial charge >= 0.3 is 17.1 Å². The first-order valence-electron chi connectivity index (χ1n) is 9.96. The van der Waals surface area contributed by atoms with Gasteiger partial charge in [0.25, 0.3) is 0 Å². The fourth-order valence-corrected chi connectivity index (χ4v) is 3.82. The Kier molecular flexibility index (Phi) is 10.5. The maximum absolute atomic E-state index is 6.07. The molecule has 29 heavy (non-hydrogen) atoms. The van der Waals surface area contributed by atoms with Gasteiger partial charge in [-0.1, -0.05) is 41.5 Å². The normalized spacial score (nSPS) is 12.2. The Morgan fingerprint density at radius 2 is 0.966 bits per heavy atom. The van der Waals surface area contributed by atoms with E-state index < -0.39 is 16.6 Å². The molecular weight excluding hydrogens is 431 g/mol. The Morgan fingerprint density at radius 1 is 0.655 bits per heavy atom. The summed E-state index contributed by atoms with van der Waals surface area (Å²) in [5.74, 6) is 1.89. The van der Waals surface area contributed by atoms with E-state index in [0.29, 0.717) is 0 Å². The largest absolute Gasteiger partial charge is 2.00 e. The van der Waals surface area contributed by atoms with Crippen molar-refractivity contribution < 1.29 is 25.9 Å². The Labute approximate surface area is 192 Å². The van der Waals surface area contributed by atoms with Crippen LogP contribution in [0.3, 0.4) is 0 Å². The maximum atomic E-state index is 6.07. The molecule has 0 aliphatic heterocycles. The molecule has 0 saturated carbocycles. The maximum Gasteiger partial charge on any atom is 2.00 e. The molecule has 0 aromatic heterocycles. The van der Waals surface area contributed by atoms with E-state index in [1.165, 1.54) is 0 Å². The topological polar surface area (TPSA) is 18.5 Å². The van der Waals surface area contributed by atoms with E-state index in [1.54, 1.807) is 0 Å². The van der Waals surface area contributed by atoms with E-state index in [0.717, 1.165) is 11.5 Å². The van der Waals surface area contributed by atoms with Crippen LogP contribution in [0.5, 0.6) is 11.5 Å². The van der Waals surface area contributed by atoms with Crippen molar-refractivity contribution >= 4 is 16.6 Å². The second kappa shape index (κ2) is 10.9. The molecule has 0 N–H and O–H groups in total. The van der Waals surface area contributed by atoms with Crippen molar-refractivity contribution in [1.29, 1.82) is 0 Å². The Bertz CT molecular complexity index is 640. The van der Waals surface area contributed by atoms with Crippen molar-refractivity contribution in [2.75, 3.05) is 0 Å². The van der Waals surface area contributed by atoms with E-state index >= 15 is 0 Å². The third-order valence-electron chi connectivity index (χ3n) is 5.72. The molecule has 0 spiro atoms. The first-order chi connectivity index (χ1) is 12.7. The smallest absolute Gasteiger partial charge is 0.602 e. The molecule has 0 unspecified atom stereocenters. The molecule has 0 aliphatic rings. The molecule has 1 radical (unpaired) electrons. The molecule has 2 aromatic rings. The van der Waals surface area contributed by atoms with Crippen LogP contribution in [0.2, 0.25) is 36.3 Å². The second-order valence-corrected chi connectivity index (χ2v) is 19.7. The van der Waals surface area contributed by atoms with Crippen LogP contribution in [-0.4, -0.2) is 16.6 Å². The summed E-state index contributed by atoms with van der Waals surface area (Å²) in [7, 11) is -3.33. The van der Waals surface area contributed by atoms with Crippen molar-refractivity contribution in [1.82, 2.24) is 0 Å². The molecule has 0 bridgehead atoms. The van der Waals surface area contributed by atoms with Crippen molar-refractivity contribution in [2.24, 2.45) is 0 Å². The molecule has 2 nitrogen and oxygen atoms in total. The minimum atomic E-state index is -1.67. The van der Waals surface area contributed by atoms with Gasteiger partial charge in [-0.05, 0) is 47.8 Å². The molecular formula is C24H38MnO2Si2. The van der Waals surface area contributed by atoms with Crippen molar-refractivity contribution in [2.45, 2.75) is 77.8 Å². The summed E-state index contributed by atoms with van der Waals surface area (Å²) in [5.41, 5.74) is 0. The summed E-state index contributed by atoms with van der Waals surface area (Å²) < 4.78 is 12.1. The van der Waals surface area contributed by atoms with E-state index in [1.807, 2.05) is 48.5 Å². The molecule has 0 amide bonds. The minimum Gasteiger partial charge on any atom is -0.602 e. The van der Waals surface area contributed by atoms with Crippen molar-refractivity contribution in [3.05, 3.63) is 60.7 Å². The second-order valence-electron chi connectivity index (χ2n) is 10.2. The third-order valence-corrected chi connectivity index (χ3v) is 14.4. The van der Waals surface area contributed by atoms with Gasteiger partial charge in [0.2, 0.25) is 16.6 Å². The summed E-state index contributed by atoms with van der Waals surface area (Å²) in [5, 5.41) is 0.506. The third kappa shape index (κ3) is 9.12.